The maximum atomic E-state index is 10.9. The van der Waals surface area contributed by atoms with E-state index in [1.807, 2.05) is 22.7 Å². The predicted molar refractivity (Wildman–Crippen MR) is 88.2 cm³/mol. The van der Waals surface area contributed by atoms with Crippen LogP contribution in [0.3, 0.4) is 0 Å². The molecule has 118 valence electrons. The maximum absolute atomic E-state index is 10.9. The first-order chi connectivity index (χ1) is 11.0. The first-order valence-corrected chi connectivity index (χ1v) is 7.47. The van der Waals surface area contributed by atoms with E-state index in [0.29, 0.717) is 17.3 Å². The molecule has 0 fully saturated rings. The zero-order valence-electron chi connectivity index (χ0n) is 12.4. The van der Waals surface area contributed by atoms with E-state index in [1.165, 1.54) is 0 Å². The fourth-order valence-corrected chi connectivity index (χ4v) is 2.50. The molecule has 1 unspecified atom stereocenters. The molecule has 3 aromatic heterocycles. The molecule has 0 aromatic carbocycles. The number of carboxylic acids is 1. The zero-order chi connectivity index (χ0) is 16.4. The minimum Gasteiger partial charge on any atom is -0.481 e. The van der Waals surface area contributed by atoms with Crippen LogP contribution in [0.5, 0.6) is 0 Å². The smallest absolute Gasteiger partial charge is 0.306 e. The van der Waals surface area contributed by atoms with Crippen LogP contribution in [-0.4, -0.2) is 25.4 Å². The molecule has 23 heavy (non-hydrogen) atoms. The van der Waals surface area contributed by atoms with Crippen LogP contribution in [0.4, 0.5) is 11.5 Å². The van der Waals surface area contributed by atoms with Gasteiger partial charge in [-0.15, -0.1) is 0 Å². The fourth-order valence-electron chi connectivity index (χ4n) is 2.29. The number of hydrogen-bond acceptors (Lipinski definition) is 4. The van der Waals surface area contributed by atoms with E-state index >= 15 is 0 Å². The third-order valence-corrected chi connectivity index (χ3v) is 3.71. The summed E-state index contributed by atoms with van der Waals surface area (Å²) in [6.07, 6.45) is 7.41. The highest BCUT2D eigenvalue weighted by atomic mass is 35.5. The number of rotatable bonds is 5. The lowest BCUT2D eigenvalue weighted by Gasteiger charge is -2.09. The Bertz CT molecular complexity index is 845. The predicted octanol–water partition coefficient (Wildman–Crippen LogP) is 3.39. The van der Waals surface area contributed by atoms with Gasteiger partial charge in [-0.05, 0) is 24.1 Å². The Morgan fingerprint density at radius 1 is 1.43 bits per heavy atom. The molecule has 0 saturated carbocycles. The van der Waals surface area contributed by atoms with Gasteiger partial charge in [0.15, 0.2) is 5.65 Å². The second kappa shape index (κ2) is 6.26. The summed E-state index contributed by atoms with van der Waals surface area (Å²) in [7, 11) is 0. The van der Waals surface area contributed by atoms with Crippen LogP contribution in [0.1, 0.15) is 12.5 Å². The van der Waals surface area contributed by atoms with Crippen molar-refractivity contribution in [2.75, 3.05) is 5.32 Å². The Morgan fingerprint density at radius 3 is 2.96 bits per heavy atom. The number of hydrogen-bond donors (Lipinski definition) is 2. The van der Waals surface area contributed by atoms with Crippen molar-refractivity contribution in [3.8, 4) is 0 Å². The first-order valence-electron chi connectivity index (χ1n) is 7.10. The Kier molecular flexibility index (Phi) is 4.16. The molecule has 3 rings (SSSR count). The van der Waals surface area contributed by atoms with Crippen LogP contribution < -0.4 is 5.32 Å². The van der Waals surface area contributed by atoms with Gasteiger partial charge in [-0.25, -0.2) is 9.97 Å². The minimum absolute atomic E-state index is 0.437. The molecule has 0 spiro atoms. The van der Waals surface area contributed by atoms with Crippen molar-refractivity contribution in [2.24, 2.45) is 5.92 Å². The summed E-state index contributed by atoms with van der Waals surface area (Å²) in [5.74, 6) is -0.607. The van der Waals surface area contributed by atoms with Crippen molar-refractivity contribution in [2.45, 2.75) is 13.3 Å². The number of imidazole rings is 1. The van der Waals surface area contributed by atoms with Crippen molar-refractivity contribution in [3.05, 3.63) is 53.6 Å². The summed E-state index contributed by atoms with van der Waals surface area (Å²) in [6.45, 7) is 1.68. The molecule has 0 aliphatic heterocycles. The molecule has 6 nitrogen and oxygen atoms in total. The normalized spacial score (nSPS) is 12.3. The van der Waals surface area contributed by atoms with Gasteiger partial charge in [0, 0.05) is 24.8 Å². The third-order valence-electron chi connectivity index (χ3n) is 3.51. The van der Waals surface area contributed by atoms with Gasteiger partial charge in [0.2, 0.25) is 0 Å². The summed E-state index contributed by atoms with van der Waals surface area (Å²) in [5.41, 5.74) is 2.38. The van der Waals surface area contributed by atoms with Gasteiger partial charge in [0.25, 0.3) is 0 Å². The van der Waals surface area contributed by atoms with Crippen molar-refractivity contribution < 1.29 is 9.90 Å². The van der Waals surface area contributed by atoms with Gasteiger partial charge < -0.3 is 14.8 Å². The molecule has 1 atom stereocenters. The largest absolute Gasteiger partial charge is 0.481 e. The van der Waals surface area contributed by atoms with Crippen molar-refractivity contribution in [3.63, 3.8) is 0 Å². The number of nitrogens with one attached hydrogen (secondary N) is 1. The number of fused-ring (bicyclic) bond motifs is 1. The highest BCUT2D eigenvalue weighted by Gasteiger charge is 2.12. The molecule has 7 heteroatoms. The van der Waals surface area contributed by atoms with Gasteiger partial charge in [-0.3, -0.25) is 4.79 Å². The average Bonchev–Trinajstić information content (AvgIpc) is 2.97. The van der Waals surface area contributed by atoms with Crippen molar-refractivity contribution in [1.29, 1.82) is 0 Å². The van der Waals surface area contributed by atoms with Crippen LogP contribution in [0, 0.1) is 5.92 Å². The standard InChI is InChI=1S/C16H15ClN4O2/c1-10(16(22)23)6-11-2-3-14(19-8-11)20-13-7-12(17)9-21-5-4-18-15(13)21/h2-5,7-10H,6H2,1H3,(H,19,20)(H,22,23). The number of aromatic nitrogens is 3. The fraction of sp³-hybridized carbons (Fsp3) is 0.188. The van der Waals surface area contributed by atoms with Crippen LogP contribution >= 0.6 is 11.6 Å². The summed E-state index contributed by atoms with van der Waals surface area (Å²) in [6, 6.07) is 5.46. The number of halogens is 1. The number of anilines is 2. The summed E-state index contributed by atoms with van der Waals surface area (Å²) >= 11 is 6.09. The number of carboxylic acid groups (broad SMARTS) is 1. The molecular formula is C16H15ClN4O2. The molecule has 0 aliphatic rings. The second-order valence-corrected chi connectivity index (χ2v) is 5.79. The molecule has 0 bridgehead atoms. The first kappa shape index (κ1) is 15.3. The van der Waals surface area contributed by atoms with Gasteiger partial charge in [-0.1, -0.05) is 24.6 Å². The quantitative estimate of drug-likeness (QED) is 0.749. The number of carbonyl (C=O) groups is 1. The number of nitrogens with zero attached hydrogens (tertiary/aromatic N) is 3. The van der Waals surface area contributed by atoms with Crippen molar-refractivity contribution in [1.82, 2.24) is 14.4 Å². The molecule has 0 radical (unpaired) electrons. The molecule has 3 aromatic rings. The van der Waals surface area contributed by atoms with Crippen molar-refractivity contribution >= 4 is 34.7 Å². The van der Waals surface area contributed by atoms with Crippen LogP contribution in [-0.2, 0) is 11.2 Å². The van der Waals surface area contributed by atoms with Crippen LogP contribution in [0.25, 0.3) is 5.65 Å². The second-order valence-electron chi connectivity index (χ2n) is 5.35. The Hall–Kier alpha value is -2.60. The lowest BCUT2D eigenvalue weighted by Crippen LogP contribution is -2.12. The lowest BCUT2D eigenvalue weighted by molar-refractivity contribution is -0.141. The monoisotopic (exact) mass is 330 g/mol. The maximum Gasteiger partial charge on any atom is 0.306 e. The molecule has 2 N–H and O–H groups in total. The SMILES string of the molecule is CC(Cc1ccc(Nc2cc(Cl)cn3ccnc23)nc1)C(=O)O. The summed E-state index contributed by atoms with van der Waals surface area (Å²) in [4.78, 5) is 19.5. The van der Waals surface area contributed by atoms with E-state index in [1.54, 1.807) is 31.6 Å². The minimum atomic E-state index is -0.812. The highest BCUT2D eigenvalue weighted by molar-refractivity contribution is 6.30. The van der Waals surface area contributed by atoms with E-state index in [0.717, 1.165) is 16.9 Å². The number of aliphatic carboxylic acids is 1. The van der Waals surface area contributed by atoms with Crippen LogP contribution in [0.15, 0.2) is 43.0 Å². The van der Waals surface area contributed by atoms with Gasteiger partial charge >= 0.3 is 5.97 Å². The average molecular weight is 331 g/mol. The Labute approximate surface area is 137 Å². The van der Waals surface area contributed by atoms with E-state index < -0.39 is 11.9 Å². The Morgan fingerprint density at radius 2 is 2.26 bits per heavy atom. The summed E-state index contributed by atoms with van der Waals surface area (Å²) < 4.78 is 1.83. The Balaban J connectivity index is 1.80. The van der Waals surface area contributed by atoms with E-state index in [2.05, 4.69) is 15.3 Å². The molecule has 0 amide bonds. The highest BCUT2D eigenvalue weighted by Crippen LogP contribution is 2.24. The topological polar surface area (TPSA) is 79.5 Å². The van der Waals surface area contributed by atoms with Gasteiger partial charge in [-0.2, -0.15) is 0 Å². The van der Waals surface area contributed by atoms with E-state index in [9.17, 15) is 4.79 Å². The van der Waals surface area contributed by atoms with Gasteiger partial charge in [0.05, 0.1) is 16.6 Å². The zero-order valence-corrected chi connectivity index (χ0v) is 13.2. The molecule has 0 saturated heterocycles. The molecule has 3 heterocycles. The van der Waals surface area contributed by atoms with E-state index in [4.69, 9.17) is 16.7 Å². The van der Waals surface area contributed by atoms with E-state index in [-0.39, 0.29) is 0 Å². The lowest BCUT2D eigenvalue weighted by atomic mass is 10.0. The molecule has 0 aliphatic carbocycles. The third kappa shape index (κ3) is 3.43. The molecular weight excluding hydrogens is 316 g/mol. The van der Waals surface area contributed by atoms with Crippen LogP contribution in [0.2, 0.25) is 5.02 Å². The van der Waals surface area contributed by atoms with Gasteiger partial charge in [0.1, 0.15) is 5.82 Å². The number of pyridine rings is 2. The summed E-state index contributed by atoms with van der Waals surface area (Å²) in [5, 5.41) is 12.7.